The number of nitrogens with zero attached hydrogens (tertiary/aromatic N) is 3. The van der Waals surface area contributed by atoms with Gasteiger partial charge in [-0.3, -0.25) is 15.2 Å². The van der Waals surface area contributed by atoms with Crippen LogP contribution in [0.25, 0.3) is 17.5 Å². The number of H-pyrrole nitrogens is 1. The van der Waals surface area contributed by atoms with E-state index in [0.717, 1.165) is 18.2 Å². The number of thioether (sulfide) groups is 1. The van der Waals surface area contributed by atoms with E-state index in [2.05, 4.69) is 15.2 Å². The van der Waals surface area contributed by atoms with E-state index in [4.69, 9.17) is 21.1 Å². The first-order chi connectivity index (χ1) is 15.2. The molecule has 0 bridgehead atoms. The Morgan fingerprint density at radius 1 is 1.25 bits per heavy atom. The number of phenolic OH excluding ortho intramolecular Hbond substituents is 1. The predicted molar refractivity (Wildman–Crippen MR) is 116 cm³/mol. The van der Waals surface area contributed by atoms with Gasteiger partial charge in [-0.15, -0.1) is 5.10 Å². The number of aromatic nitrogens is 3. The maximum Gasteiger partial charge on any atom is 0.342 e. The van der Waals surface area contributed by atoms with Gasteiger partial charge in [0.05, 0.1) is 30.8 Å². The number of carboxylic acid groups (broad SMARTS) is 1. The number of aliphatic carboxylic acids is 1. The molecular weight excluding hydrogens is 464 g/mol. The lowest BCUT2D eigenvalue weighted by Crippen LogP contribution is -1.98. The van der Waals surface area contributed by atoms with Crippen LogP contribution in [0.1, 0.15) is 5.56 Å². The minimum atomic E-state index is -1.36. The van der Waals surface area contributed by atoms with Gasteiger partial charge in [-0.05, 0) is 36.0 Å². The normalized spacial score (nSPS) is 11.3. The summed E-state index contributed by atoms with van der Waals surface area (Å²) in [4.78, 5) is 26.2. The minimum absolute atomic E-state index is 0.0487. The smallest absolute Gasteiger partial charge is 0.342 e. The van der Waals surface area contributed by atoms with Crippen LogP contribution in [-0.4, -0.2) is 50.5 Å². The van der Waals surface area contributed by atoms with Crippen LogP contribution < -0.4 is 9.47 Å². The third-order valence-electron chi connectivity index (χ3n) is 4.10. The van der Waals surface area contributed by atoms with Crippen molar-refractivity contribution in [1.29, 1.82) is 0 Å². The number of benzene rings is 2. The maximum absolute atomic E-state index is 11.8. The molecule has 166 valence electrons. The number of aromatic hydroxyl groups is 1. The summed E-state index contributed by atoms with van der Waals surface area (Å²) in [5, 5.41) is 38.2. The number of halogens is 1. The Bertz CT molecular complexity index is 1230. The highest BCUT2D eigenvalue weighted by molar-refractivity contribution is 8.04. The third-order valence-corrected chi connectivity index (χ3v) is 5.21. The van der Waals surface area contributed by atoms with Gasteiger partial charge in [-0.25, -0.2) is 9.78 Å². The fourth-order valence-corrected chi connectivity index (χ4v) is 3.51. The van der Waals surface area contributed by atoms with Crippen LogP contribution in [0.3, 0.4) is 0 Å². The van der Waals surface area contributed by atoms with Gasteiger partial charge >= 0.3 is 5.97 Å². The summed E-state index contributed by atoms with van der Waals surface area (Å²) >= 11 is 6.70. The number of carbonyl (C=O) groups is 1. The number of nitro groups is 1. The molecule has 0 amide bonds. The second-order valence-corrected chi connectivity index (χ2v) is 7.52. The molecule has 0 aliphatic rings. The van der Waals surface area contributed by atoms with Crippen molar-refractivity contribution in [3.63, 3.8) is 0 Å². The van der Waals surface area contributed by atoms with Gasteiger partial charge < -0.3 is 19.7 Å². The number of hydrogen-bond acceptors (Lipinski definition) is 9. The van der Waals surface area contributed by atoms with Gasteiger partial charge in [0.1, 0.15) is 10.7 Å². The van der Waals surface area contributed by atoms with Crippen LogP contribution in [0.2, 0.25) is 5.02 Å². The number of carboxylic acids is 1. The van der Waals surface area contributed by atoms with Gasteiger partial charge in [-0.2, -0.15) is 0 Å². The number of ether oxygens (including phenoxy) is 2. The number of phenols is 1. The molecule has 0 aliphatic heterocycles. The van der Waals surface area contributed by atoms with E-state index >= 15 is 0 Å². The molecule has 1 aromatic heterocycles. The van der Waals surface area contributed by atoms with Gasteiger partial charge in [-0.1, -0.05) is 11.6 Å². The molecule has 0 spiro atoms. The monoisotopic (exact) mass is 478 g/mol. The molecular formula is C19H15ClN4O7S. The van der Waals surface area contributed by atoms with Crippen LogP contribution in [-0.2, 0) is 4.79 Å². The zero-order valence-corrected chi connectivity index (χ0v) is 18.1. The molecule has 0 saturated heterocycles. The highest BCUT2D eigenvalue weighted by atomic mass is 35.5. The zero-order chi connectivity index (χ0) is 23.4. The maximum atomic E-state index is 11.8. The Morgan fingerprint density at radius 3 is 2.59 bits per heavy atom. The highest BCUT2D eigenvalue weighted by Gasteiger charge is 2.20. The van der Waals surface area contributed by atoms with Crippen molar-refractivity contribution in [2.45, 2.75) is 5.16 Å². The zero-order valence-electron chi connectivity index (χ0n) is 16.5. The molecule has 2 aromatic carbocycles. The molecule has 32 heavy (non-hydrogen) atoms. The molecule has 3 aromatic rings. The number of nitro benzene ring substituents is 1. The van der Waals surface area contributed by atoms with E-state index in [1.165, 1.54) is 14.2 Å². The van der Waals surface area contributed by atoms with E-state index in [1.54, 1.807) is 18.2 Å². The first kappa shape index (κ1) is 22.9. The van der Waals surface area contributed by atoms with Crippen molar-refractivity contribution in [2.24, 2.45) is 0 Å². The Balaban J connectivity index is 1.99. The Labute approximate surface area is 189 Å². The minimum Gasteiger partial charge on any atom is -0.504 e. The topological polar surface area (TPSA) is 161 Å². The average Bonchev–Trinajstić information content (AvgIpc) is 3.22. The van der Waals surface area contributed by atoms with Crippen molar-refractivity contribution < 1.29 is 29.4 Å². The van der Waals surface area contributed by atoms with Crippen LogP contribution in [0.15, 0.2) is 40.4 Å². The predicted octanol–water partition coefficient (Wildman–Crippen LogP) is 3.97. The molecule has 0 fully saturated rings. The Hall–Kier alpha value is -3.77. The van der Waals surface area contributed by atoms with Gasteiger partial charge in [0.25, 0.3) is 5.69 Å². The number of methoxy groups -OCH3 is 2. The molecule has 13 heteroatoms. The van der Waals surface area contributed by atoms with Crippen molar-refractivity contribution in [2.75, 3.05) is 14.2 Å². The Kier molecular flexibility index (Phi) is 6.85. The van der Waals surface area contributed by atoms with Crippen molar-refractivity contribution in [3.8, 4) is 28.6 Å². The fraction of sp³-hybridized carbons (Fsp3) is 0.105. The van der Waals surface area contributed by atoms with E-state index in [9.17, 15) is 25.1 Å². The van der Waals surface area contributed by atoms with E-state index < -0.39 is 16.6 Å². The van der Waals surface area contributed by atoms with Gasteiger partial charge in [0.15, 0.2) is 17.3 Å². The molecule has 11 nitrogen and oxygen atoms in total. The number of hydrogen-bond donors (Lipinski definition) is 3. The summed E-state index contributed by atoms with van der Waals surface area (Å²) < 4.78 is 10.2. The molecule has 0 unspecified atom stereocenters. The van der Waals surface area contributed by atoms with Crippen molar-refractivity contribution in [1.82, 2.24) is 15.2 Å². The average molecular weight is 479 g/mol. The molecule has 1 heterocycles. The first-order valence-electron chi connectivity index (χ1n) is 8.68. The first-order valence-corrected chi connectivity index (χ1v) is 9.87. The van der Waals surface area contributed by atoms with E-state index in [1.807, 2.05) is 0 Å². The summed E-state index contributed by atoms with van der Waals surface area (Å²) in [6, 6.07) is 6.95. The lowest BCUT2D eigenvalue weighted by molar-refractivity contribution is -0.385. The molecule has 3 N–H and O–H groups in total. The number of aromatic amines is 1. The van der Waals surface area contributed by atoms with Crippen LogP contribution in [0, 0.1) is 10.1 Å². The summed E-state index contributed by atoms with van der Waals surface area (Å²) in [7, 11) is 2.70. The van der Waals surface area contributed by atoms with Crippen molar-refractivity contribution >= 4 is 41.1 Å². The quantitative estimate of drug-likeness (QED) is 0.187. The number of nitrogens with one attached hydrogen (secondary N) is 1. The van der Waals surface area contributed by atoms with E-state index in [-0.39, 0.29) is 32.9 Å². The van der Waals surface area contributed by atoms with Crippen LogP contribution in [0.5, 0.6) is 17.2 Å². The lowest BCUT2D eigenvalue weighted by atomic mass is 10.1. The Morgan fingerprint density at radius 2 is 1.97 bits per heavy atom. The highest BCUT2D eigenvalue weighted by Crippen LogP contribution is 2.38. The lowest BCUT2D eigenvalue weighted by Gasteiger charge is -2.07. The molecule has 0 atom stereocenters. The standard InChI is InChI=1S/C19H15ClN4O7S/c1-30-13-4-3-10(20)7-12(13)17-21-19(23-22-17)32-15(18(26)27)6-9-5-11(24(28)29)8-14(31-2)16(9)25/h3-8,25H,1-2H3,(H,26,27)(H,21,22,23)/b15-6+. The SMILES string of the molecule is COc1ccc(Cl)cc1-c1nc(S/C(=C/c2cc([N+](=O)[O-])cc(OC)c2O)C(=O)O)n[nH]1. The van der Waals surface area contributed by atoms with E-state index in [0.29, 0.717) is 28.1 Å². The van der Waals surface area contributed by atoms with Crippen LogP contribution >= 0.6 is 23.4 Å². The summed E-state index contributed by atoms with van der Waals surface area (Å²) in [5.41, 5.74) is 0.0170. The molecule has 0 aliphatic carbocycles. The number of rotatable bonds is 8. The fourth-order valence-electron chi connectivity index (χ4n) is 2.64. The van der Waals surface area contributed by atoms with Gasteiger partial charge in [0.2, 0.25) is 5.16 Å². The van der Waals surface area contributed by atoms with Crippen molar-refractivity contribution in [3.05, 3.63) is 55.9 Å². The molecule has 0 radical (unpaired) electrons. The summed E-state index contributed by atoms with van der Waals surface area (Å²) in [6.07, 6.45) is 1.06. The molecule has 0 saturated carbocycles. The largest absolute Gasteiger partial charge is 0.504 e. The third kappa shape index (κ3) is 4.92. The summed E-state index contributed by atoms with van der Waals surface area (Å²) in [5.74, 6) is -1.21. The number of non-ortho nitro benzene ring substituents is 1. The second kappa shape index (κ2) is 9.58. The second-order valence-electron chi connectivity index (χ2n) is 6.07. The molecule has 3 rings (SSSR count). The summed E-state index contributed by atoms with van der Waals surface area (Å²) in [6.45, 7) is 0. The van der Waals surface area contributed by atoms with Crippen LogP contribution in [0.4, 0.5) is 5.69 Å². The van der Waals surface area contributed by atoms with Gasteiger partial charge in [0, 0.05) is 16.7 Å².